The highest BCUT2D eigenvalue weighted by atomic mass is 19.3. The van der Waals surface area contributed by atoms with Crippen molar-refractivity contribution in [2.75, 3.05) is 17.7 Å². The fourth-order valence-corrected chi connectivity index (χ4v) is 4.35. The Morgan fingerprint density at radius 2 is 1.71 bits per heavy atom. The van der Waals surface area contributed by atoms with Gasteiger partial charge in [0, 0.05) is 28.9 Å². The molecule has 0 spiro atoms. The van der Waals surface area contributed by atoms with Crippen LogP contribution in [0.4, 0.5) is 30.6 Å². The van der Waals surface area contributed by atoms with Gasteiger partial charge in [0.15, 0.2) is 23.1 Å². The van der Waals surface area contributed by atoms with Crippen LogP contribution in [0.5, 0.6) is 11.5 Å². The predicted octanol–water partition coefficient (Wildman–Crippen LogP) is 4.74. The van der Waals surface area contributed by atoms with Crippen molar-refractivity contribution in [2.45, 2.75) is 64.0 Å². The van der Waals surface area contributed by atoms with Crippen LogP contribution in [0.25, 0.3) is 0 Å². The second kappa shape index (κ2) is 7.15. The molecule has 2 aliphatic rings. The van der Waals surface area contributed by atoms with Crippen molar-refractivity contribution in [1.82, 2.24) is 14.9 Å². The standard InChI is InChI=1S/C21H26F3N5O2/c1-19(2)9-13(10-20(3,4)29(19)5)26-17-14(22)11-25-18(28-17)27-12-6-7-15-16(8-12)31-21(23,24)30-15/h6-8,11,13H,9-10H2,1-5H3,(H2,25,26,27,28). The van der Waals surface area contributed by atoms with Crippen LogP contribution in [0.15, 0.2) is 24.4 Å². The third-order valence-corrected chi connectivity index (χ3v) is 6.05. The molecule has 10 heteroatoms. The molecule has 2 aromatic rings. The quantitative estimate of drug-likeness (QED) is 0.716. The van der Waals surface area contributed by atoms with Crippen LogP contribution >= 0.6 is 0 Å². The van der Waals surface area contributed by atoms with E-state index >= 15 is 0 Å². The molecule has 0 unspecified atom stereocenters. The number of fused-ring (bicyclic) bond motifs is 1. The summed E-state index contributed by atoms with van der Waals surface area (Å²) in [5.74, 6) is -0.519. The molecular weight excluding hydrogens is 411 g/mol. The number of aromatic nitrogens is 2. The molecule has 0 radical (unpaired) electrons. The summed E-state index contributed by atoms with van der Waals surface area (Å²) < 4.78 is 49.7. The average Bonchev–Trinajstić information content (AvgIpc) is 2.95. The molecule has 0 aliphatic carbocycles. The maximum Gasteiger partial charge on any atom is 0.586 e. The third-order valence-electron chi connectivity index (χ3n) is 6.05. The fourth-order valence-electron chi connectivity index (χ4n) is 4.35. The van der Waals surface area contributed by atoms with Gasteiger partial charge in [-0.1, -0.05) is 0 Å². The lowest BCUT2D eigenvalue weighted by Gasteiger charge is -2.53. The Labute approximate surface area is 179 Å². The summed E-state index contributed by atoms with van der Waals surface area (Å²) in [6.07, 6.45) is -0.991. The number of benzene rings is 1. The summed E-state index contributed by atoms with van der Waals surface area (Å²) in [6.45, 7) is 8.65. The first kappa shape index (κ1) is 21.5. The largest absolute Gasteiger partial charge is 0.586 e. The molecule has 2 N–H and O–H groups in total. The van der Waals surface area contributed by atoms with Crippen molar-refractivity contribution in [3.05, 3.63) is 30.2 Å². The van der Waals surface area contributed by atoms with E-state index in [4.69, 9.17) is 0 Å². The predicted molar refractivity (Wildman–Crippen MR) is 110 cm³/mol. The van der Waals surface area contributed by atoms with Gasteiger partial charge in [0.2, 0.25) is 5.95 Å². The first-order valence-electron chi connectivity index (χ1n) is 10.0. The minimum Gasteiger partial charge on any atom is -0.395 e. The number of halogens is 3. The number of rotatable bonds is 4. The van der Waals surface area contributed by atoms with E-state index in [2.05, 4.69) is 69.7 Å². The van der Waals surface area contributed by atoms with E-state index < -0.39 is 12.1 Å². The minimum atomic E-state index is -3.69. The number of alkyl halides is 2. The van der Waals surface area contributed by atoms with Crippen LogP contribution in [-0.4, -0.2) is 45.3 Å². The Balaban J connectivity index is 1.51. The molecule has 1 aromatic heterocycles. The van der Waals surface area contributed by atoms with Crippen molar-refractivity contribution in [3.63, 3.8) is 0 Å². The third kappa shape index (κ3) is 4.34. The van der Waals surface area contributed by atoms with Gasteiger partial charge in [-0.05, 0) is 59.7 Å². The Bertz CT molecular complexity index is 981. The average molecular weight is 437 g/mol. The van der Waals surface area contributed by atoms with Crippen LogP contribution in [0.2, 0.25) is 0 Å². The SMILES string of the molecule is CN1C(C)(C)CC(Nc2nc(Nc3ccc4c(c3)OC(F)(F)O4)ncc2F)CC1(C)C. The number of piperidine rings is 1. The van der Waals surface area contributed by atoms with Crippen LogP contribution in [0.3, 0.4) is 0 Å². The van der Waals surface area contributed by atoms with E-state index in [1.165, 1.54) is 18.2 Å². The van der Waals surface area contributed by atoms with Gasteiger partial charge in [-0.3, -0.25) is 4.90 Å². The molecular formula is C21H26F3N5O2. The smallest absolute Gasteiger partial charge is 0.395 e. The number of nitrogens with zero attached hydrogens (tertiary/aromatic N) is 3. The van der Waals surface area contributed by atoms with Crippen molar-refractivity contribution >= 4 is 17.5 Å². The normalized spacial score (nSPS) is 21.7. The second-order valence-corrected chi connectivity index (χ2v) is 9.28. The molecule has 3 heterocycles. The van der Waals surface area contributed by atoms with Crippen LogP contribution in [0, 0.1) is 5.82 Å². The monoisotopic (exact) mass is 437 g/mol. The molecule has 1 aromatic carbocycles. The van der Waals surface area contributed by atoms with E-state index in [1.54, 1.807) is 0 Å². The Kier molecular flexibility index (Phi) is 4.95. The maximum atomic E-state index is 14.4. The van der Waals surface area contributed by atoms with E-state index in [-0.39, 0.29) is 40.4 Å². The van der Waals surface area contributed by atoms with Crippen LogP contribution in [-0.2, 0) is 0 Å². The highest BCUT2D eigenvalue weighted by Crippen LogP contribution is 2.42. The summed E-state index contributed by atoms with van der Waals surface area (Å²) in [6, 6.07) is 4.24. The molecule has 168 valence electrons. The van der Waals surface area contributed by atoms with Gasteiger partial charge in [-0.2, -0.15) is 4.98 Å². The van der Waals surface area contributed by atoms with Crippen LogP contribution in [0.1, 0.15) is 40.5 Å². The summed E-state index contributed by atoms with van der Waals surface area (Å²) in [7, 11) is 2.10. The van der Waals surface area contributed by atoms with Crippen molar-refractivity contribution in [1.29, 1.82) is 0 Å². The molecule has 0 amide bonds. The first-order chi connectivity index (χ1) is 14.3. The van der Waals surface area contributed by atoms with Gasteiger partial charge in [0.05, 0.1) is 6.20 Å². The summed E-state index contributed by atoms with van der Waals surface area (Å²) in [5.41, 5.74) is 0.260. The van der Waals surface area contributed by atoms with E-state index in [0.717, 1.165) is 19.0 Å². The molecule has 7 nitrogen and oxygen atoms in total. The Morgan fingerprint density at radius 3 is 2.39 bits per heavy atom. The maximum absolute atomic E-state index is 14.4. The van der Waals surface area contributed by atoms with Gasteiger partial charge in [0.1, 0.15) is 0 Å². The van der Waals surface area contributed by atoms with Gasteiger partial charge in [-0.15, -0.1) is 8.78 Å². The zero-order chi connectivity index (χ0) is 22.6. The van der Waals surface area contributed by atoms with Crippen LogP contribution < -0.4 is 20.1 Å². The van der Waals surface area contributed by atoms with Gasteiger partial charge < -0.3 is 20.1 Å². The fraction of sp³-hybridized carbons (Fsp3) is 0.524. The number of nitrogens with one attached hydrogen (secondary N) is 2. The number of anilines is 3. The lowest BCUT2D eigenvalue weighted by atomic mass is 9.77. The van der Waals surface area contributed by atoms with Gasteiger partial charge in [-0.25, -0.2) is 9.37 Å². The summed E-state index contributed by atoms with van der Waals surface area (Å²) in [5, 5.41) is 6.11. The first-order valence-corrected chi connectivity index (χ1v) is 10.0. The minimum absolute atomic E-state index is 0.0197. The number of ether oxygens (including phenoxy) is 2. The topological polar surface area (TPSA) is 71.5 Å². The van der Waals surface area contributed by atoms with E-state index in [0.29, 0.717) is 5.69 Å². The van der Waals surface area contributed by atoms with Crippen molar-refractivity contribution in [3.8, 4) is 11.5 Å². The second-order valence-electron chi connectivity index (χ2n) is 9.28. The molecule has 4 rings (SSSR count). The van der Waals surface area contributed by atoms with Crippen molar-refractivity contribution < 1.29 is 22.6 Å². The zero-order valence-electron chi connectivity index (χ0n) is 18.1. The zero-order valence-corrected chi connectivity index (χ0v) is 18.1. The summed E-state index contributed by atoms with van der Waals surface area (Å²) in [4.78, 5) is 10.5. The number of likely N-dealkylation sites (tertiary alicyclic amines) is 1. The van der Waals surface area contributed by atoms with Crippen molar-refractivity contribution in [2.24, 2.45) is 0 Å². The van der Waals surface area contributed by atoms with Gasteiger partial charge in [0.25, 0.3) is 0 Å². The molecule has 31 heavy (non-hydrogen) atoms. The lowest BCUT2D eigenvalue weighted by Crippen LogP contribution is -2.61. The molecule has 0 saturated carbocycles. The summed E-state index contributed by atoms with van der Waals surface area (Å²) >= 11 is 0. The molecule has 1 fully saturated rings. The molecule has 0 bridgehead atoms. The van der Waals surface area contributed by atoms with E-state index in [9.17, 15) is 13.2 Å². The molecule has 0 atom stereocenters. The Hall–Kier alpha value is -2.75. The van der Waals surface area contributed by atoms with E-state index in [1.807, 2.05) is 0 Å². The highest BCUT2D eigenvalue weighted by molar-refractivity contribution is 5.61. The molecule has 2 aliphatic heterocycles. The number of hydrogen-bond donors (Lipinski definition) is 2. The molecule has 1 saturated heterocycles. The number of hydrogen-bond acceptors (Lipinski definition) is 7. The highest BCUT2D eigenvalue weighted by Gasteiger charge is 2.44. The van der Waals surface area contributed by atoms with Gasteiger partial charge >= 0.3 is 6.29 Å². The lowest BCUT2D eigenvalue weighted by molar-refractivity contribution is -0.286. The Morgan fingerprint density at radius 1 is 1.06 bits per heavy atom.